The van der Waals surface area contributed by atoms with E-state index in [9.17, 15) is 5.11 Å². The Morgan fingerprint density at radius 2 is 2.00 bits per heavy atom. The van der Waals surface area contributed by atoms with Crippen LogP contribution in [0, 0.1) is 0 Å². The van der Waals surface area contributed by atoms with E-state index >= 15 is 0 Å². The first-order valence-corrected chi connectivity index (χ1v) is 4.30. The van der Waals surface area contributed by atoms with Gasteiger partial charge < -0.3 is 5.11 Å². The molecule has 0 aromatic heterocycles. The van der Waals surface area contributed by atoms with Gasteiger partial charge in [0.2, 0.25) is 0 Å². The summed E-state index contributed by atoms with van der Waals surface area (Å²) in [7, 11) is 0. The summed E-state index contributed by atoms with van der Waals surface area (Å²) >= 11 is 0. The highest BCUT2D eigenvalue weighted by Gasteiger charge is 2.00. The van der Waals surface area contributed by atoms with Gasteiger partial charge in [-0.15, -0.1) is 6.58 Å². The number of aliphatic hydroxyl groups excluding tert-OH is 1. The molecule has 0 bridgehead atoms. The third kappa shape index (κ3) is 2.48. The summed E-state index contributed by atoms with van der Waals surface area (Å²) in [5.41, 5.74) is 1.97. The van der Waals surface area contributed by atoms with Gasteiger partial charge in [-0.3, -0.25) is 0 Å². The highest BCUT2D eigenvalue weighted by atomic mass is 16.3. The van der Waals surface area contributed by atoms with Gasteiger partial charge in [0, 0.05) is 6.42 Å². The summed E-state index contributed by atoms with van der Waals surface area (Å²) in [4.78, 5) is 0. The molecule has 0 saturated heterocycles. The van der Waals surface area contributed by atoms with E-state index in [4.69, 9.17) is 0 Å². The lowest BCUT2D eigenvalue weighted by atomic mass is 10.1. The van der Waals surface area contributed by atoms with E-state index in [1.165, 1.54) is 0 Å². The van der Waals surface area contributed by atoms with Crippen LogP contribution in [0.1, 0.15) is 18.9 Å². The van der Waals surface area contributed by atoms with E-state index in [-0.39, 0.29) is 0 Å². The zero-order chi connectivity index (χ0) is 9.68. The van der Waals surface area contributed by atoms with Crippen molar-refractivity contribution in [1.29, 1.82) is 0 Å². The molecule has 0 unspecified atom stereocenters. The van der Waals surface area contributed by atoms with Crippen LogP contribution in [0.25, 0.3) is 5.57 Å². The number of rotatable bonds is 3. The first-order chi connectivity index (χ1) is 6.25. The Morgan fingerprint density at radius 1 is 1.38 bits per heavy atom. The van der Waals surface area contributed by atoms with E-state index in [0.29, 0.717) is 12.2 Å². The first kappa shape index (κ1) is 9.59. The molecule has 0 aliphatic carbocycles. The lowest BCUT2D eigenvalue weighted by Gasteiger charge is -2.03. The lowest BCUT2D eigenvalue weighted by molar-refractivity contribution is 0.404. The molecule has 0 fully saturated rings. The van der Waals surface area contributed by atoms with Gasteiger partial charge in [0.25, 0.3) is 0 Å². The van der Waals surface area contributed by atoms with Crippen molar-refractivity contribution in [2.24, 2.45) is 0 Å². The molecular formula is C12H14O. The standard InChI is InChI=1S/C12H14O/c1-3-7-12(13)10(2)11-8-5-4-6-9-11/h3-6,8-9,13H,1,7H2,2H3/b12-10-. The van der Waals surface area contributed by atoms with Crippen LogP contribution >= 0.6 is 0 Å². The third-order valence-electron chi connectivity index (χ3n) is 1.98. The Labute approximate surface area is 79.0 Å². The Bertz CT molecular complexity index is 309. The predicted octanol–water partition coefficient (Wildman–Crippen LogP) is 3.55. The Kier molecular flexibility index (Phi) is 3.32. The van der Waals surface area contributed by atoms with Gasteiger partial charge in [0.05, 0.1) is 5.76 Å². The molecular weight excluding hydrogens is 160 g/mol. The number of aliphatic hydroxyl groups is 1. The molecule has 13 heavy (non-hydrogen) atoms. The predicted molar refractivity (Wildman–Crippen MR) is 56.5 cm³/mol. The molecule has 1 N–H and O–H groups in total. The fraction of sp³-hybridized carbons (Fsp3) is 0.167. The van der Waals surface area contributed by atoms with Crippen LogP contribution in [0.4, 0.5) is 0 Å². The zero-order valence-electron chi connectivity index (χ0n) is 7.83. The van der Waals surface area contributed by atoms with Crippen molar-refractivity contribution in [3.05, 3.63) is 54.3 Å². The monoisotopic (exact) mass is 174 g/mol. The van der Waals surface area contributed by atoms with Crippen LogP contribution < -0.4 is 0 Å². The second-order valence-corrected chi connectivity index (χ2v) is 2.93. The van der Waals surface area contributed by atoms with Gasteiger partial charge in [0.1, 0.15) is 0 Å². The van der Waals surface area contributed by atoms with Gasteiger partial charge in [-0.2, -0.15) is 0 Å². The zero-order valence-corrected chi connectivity index (χ0v) is 7.83. The smallest absolute Gasteiger partial charge is 0.0995 e. The molecule has 0 amide bonds. The van der Waals surface area contributed by atoms with Crippen LogP contribution in [-0.2, 0) is 0 Å². The normalized spacial score (nSPS) is 12.1. The summed E-state index contributed by atoms with van der Waals surface area (Å²) in [6, 6.07) is 9.84. The maximum Gasteiger partial charge on any atom is 0.0995 e. The van der Waals surface area contributed by atoms with Crippen molar-refractivity contribution in [3.8, 4) is 0 Å². The molecule has 0 spiro atoms. The van der Waals surface area contributed by atoms with Crippen molar-refractivity contribution < 1.29 is 5.11 Å². The molecule has 1 aromatic rings. The largest absolute Gasteiger partial charge is 0.512 e. The Morgan fingerprint density at radius 3 is 2.54 bits per heavy atom. The van der Waals surface area contributed by atoms with Crippen molar-refractivity contribution in [2.45, 2.75) is 13.3 Å². The summed E-state index contributed by atoms with van der Waals surface area (Å²) in [6.07, 6.45) is 2.22. The molecule has 1 heteroatoms. The van der Waals surface area contributed by atoms with Crippen LogP contribution in [0.5, 0.6) is 0 Å². The van der Waals surface area contributed by atoms with Gasteiger partial charge in [-0.25, -0.2) is 0 Å². The summed E-state index contributed by atoms with van der Waals surface area (Å²) in [5.74, 6) is 0.390. The molecule has 0 radical (unpaired) electrons. The summed E-state index contributed by atoms with van der Waals surface area (Å²) in [5, 5.41) is 9.58. The first-order valence-electron chi connectivity index (χ1n) is 4.30. The van der Waals surface area contributed by atoms with E-state index in [1.54, 1.807) is 6.08 Å². The van der Waals surface area contributed by atoms with Gasteiger partial charge in [-0.1, -0.05) is 36.4 Å². The second-order valence-electron chi connectivity index (χ2n) is 2.93. The minimum absolute atomic E-state index is 0.390. The van der Waals surface area contributed by atoms with Crippen LogP contribution in [-0.4, -0.2) is 5.11 Å². The maximum atomic E-state index is 9.58. The van der Waals surface area contributed by atoms with Crippen molar-refractivity contribution in [1.82, 2.24) is 0 Å². The fourth-order valence-electron chi connectivity index (χ4n) is 1.14. The molecule has 68 valence electrons. The molecule has 1 aromatic carbocycles. The minimum atomic E-state index is 0.390. The van der Waals surface area contributed by atoms with E-state index in [2.05, 4.69) is 6.58 Å². The minimum Gasteiger partial charge on any atom is -0.512 e. The molecule has 1 nitrogen and oxygen atoms in total. The van der Waals surface area contributed by atoms with Crippen molar-refractivity contribution >= 4 is 5.57 Å². The number of allylic oxidation sites excluding steroid dienone is 2. The van der Waals surface area contributed by atoms with E-state index < -0.39 is 0 Å². The second kappa shape index (κ2) is 4.51. The lowest BCUT2D eigenvalue weighted by Crippen LogP contribution is -1.86. The molecule has 0 aliphatic rings. The Hall–Kier alpha value is -1.50. The maximum absolute atomic E-state index is 9.58. The van der Waals surface area contributed by atoms with Gasteiger partial charge in [0.15, 0.2) is 0 Å². The molecule has 0 aliphatic heterocycles. The van der Waals surface area contributed by atoms with Gasteiger partial charge >= 0.3 is 0 Å². The number of benzene rings is 1. The molecule has 0 saturated carbocycles. The van der Waals surface area contributed by atoms with Crippen LogP contribution in [0.15, 0.2) is 48.7 Å². The Balaban J connectivity index is 2.95. The summed E-state index contributed by atoms with van der Waals surface area (Å²) < 4.78 is 0. The molecule has 0 heterocycles. The quantitative estimate of drug-likeness (QED) is 0.548. The topological polar surface area (TPSA) is 20.2 Å². The fourth-order valence-corrected chi connectivity index (χ4v) is 1.14. The molecule has 0 atom stereocenters. The third-order valence-corrected chi connectivity index (χ3v) is 1.98. The van der Waals surface area contributed by atoms with E-state index in [1.807, 2.05) is 37.3 Å². The highest BCUT2D eigenvalue weighted by molar-refractivity contribution is 5.65. The average Bonchev–Trinajstić information content (AvgIpc) is 2.18. The van der Waals surface area contributed by atoms with Gasteiger partial charge in [-0.05, 0) is 18.1 Å². The van der Waals surface area contributed by atoms with Crippen molar-refractivity contribution in [2.75, 3.05) is 0 Å². The van der Waals surface area contributed by atoms with Crippen LogP contribution in [0.3, 0.4) is 0 Å². The SMILES string of the molecule is C=CC/C(O)=C(\C)c1ccccc1. The summed E-state index contributed by atoms with van der Waals surface area (Å²) in [6.45, 7) is 5.49. The van der Waals surface area contributed by atoms with Crippen molar-refractivity contribution in [3.63, 3.8) is 0 Å². The van der Waals surface area contributed by atoms with Crippen LogP contribution in [0.2, 0.25) is 0 Å². The average molecular weight is 174 g/mol. The number of hydrogen-bond donors (Lipinski definition) is 1. The highest BCUT2D eigenvalue weighted by Crippen LogP contribution is 2.18. The molecule has 1 rings (SSSR count). The number of hydrogen-bond acceptors (Lipinski definition) is 1. The van der Waals surface area contributed by atoms with E-state index in [0.717, 1.165) is 11.1 Å².